The molecule has 1 atom stereocenters. The fraction of sp³-hybridized carbons (Fsp3) is 0.588. The zero-order valence-corrected chi connectivity index (χ0v) is 15.4. The third-order valence-corrected chi connectivity index (χ3v) is 6.08. The fourth-order valence-electron chi connectivity index (χ4n) is 3.59. The molecule has 3 rings (SSSR count). The molecule has 1 amide bonds. The van der Waals surface area contributed by atoms with Crippen LogP contribution in [0, 0.1) is 11.6 Å². The van der Waals surface area contributed by atoms with E-state index in [9.17, 15) is 22.0 Å². The lowest BCUT2D eigenvalue weighted by Gasteiger charge is -2.40. The van der Waals surface area contributed by atoms with Crippen molar-refractivity contribution in [1.82, 2.24) is 10.2 Å². The third-order valence-electron chi connectivity index (χ3n) is 4.98. The molecule has 2 N–H and O–H groups in total. The Hall–Kier alpha value is -1.74. The van der Waals surface area contributed by atoms with Gasteiger partial charge in [-0.2, -0.15) is 0 Å². The molecule has 0 radical (unpaired) electrons. The molecule has 144 valence electrons. The number of sulfone groups is 1. The molecule has 1 aromatic rings. The van der Waals surface area contributed by atoms with Crippen LogP contribution in [0.25, 0.3) is 0 Å². The molecule has 0 bridgehead atoms. The van der Waals surface area contributed by atoms with Gasteiger partial charge in [-0.05, 0) is 50.9 Å². The van der Waals surface area contributed by atoms with Crippen LogP contribution in [0.3, 0.4) is 0 Å². The van der Waals surface area contributed by atoms with E-state index in [0.717, 1.165) is 50.7 Å². The van der Waals surface area contributed by atoms with Gasteiger partial charge in [-0.15, -0.1) is 0 Å². The average Bonchev–Trinajstić information content (AvgIpc) is 2.59. The standard InChI is InChI=1S/C17H23F2N3O3S/c1-26(24,25)12-9-13(18)16(14(19)10-12)21-15-3-2-8-22(17(15)23)11-4-6-20-7-5-11/h9-11,15,20-21H,2-8H2,1H3. The predicted octanol–water partition coefficient (Wildman–Crippen LogP) is 1.52. The first kappa shape index (κ1) is 19.0. The number of likely N-dealkylation sites (tertiary alicyclic amines) is 1. The van der Waals surface area contributed by atoms with Gasteiger partial charge in [0, 0.05) is 18.8 Å². The van der Waals surface area contributed by atoms with E-state index in [1.54, 1.807) is 0 Å². The number of nitrogens with one attached hydrogen (secondary N) is 2. The molecular weight excluding hydrogens is 364 g/mol. The minimum atomic E-state index is -3.72. The van der Waals surface area contributed by atoms with Crippen LogP contribution in [0.5, 0.6) is 0 Å². The smallest absolute Gasteiger partial charge is 0.245 e. The number of carbonyl (C=O) groups is 1. The van der Waals surface area contributed by atoms with Crippen molar-refractivity contribution in [1.29, 1.82) is 0 Å². The van der Waals surface area contributed by atoms with E-state index >= 15 is 0 Å². The van der Waals surface area contributed by atoms with E-state index in [2.05, 4.69) is 10.6 Å². The summed E-state index contributed by atoms with van der Waals surface area (Å²) in [5.41, 5.74) is -0.456. The highest BCUT2D eigenvalue weighted by Crippen LogP contribution is 2.27. The van der Waals surface area contributed by atoms with Gasteiger partial charge in [0.2, 0.25) is 5.91 Å². The number of carbonyl (C=O) groups excluding carboxylic acids is 1. The maximum atomic E-state index is 14.3. The number of hydrogen-bond donors (Lipinski definition) is 2. The van der Waals surface area contributed by atoms with Crippen LogP contribution in [0.1, 0.15) is 25.7 Å². The zero-order chi connectivity index (χ0) is 18.9. The minimum Gasteiger partial charge on any atom is -0.369 e. The van der Waals surface area contributed by atoms with E-state index in [1.165, 1.54) is 0 Å². The van der Waals surface area contributed by atoms with Crippen molar-refractivity contribution >= 4 is 21.4 Å². The topological polar surface area (TPSA) is 78.5 Å². The molecule has 0 spiro atoms. The molecule has 6 nitrogen and oxygen atoms in total. The van der Waals surface area contributed by atoms with E-state index in [4.69, 9.17) is 0 Å². The number of halogens is 2. The number of piperidine rings is 2. The average molecular weight is 387 g/mol. The summed E-state index contributed by atoms with van der Waals surface area (Å²) < 4.78 is 51.5. The van der Waals surface area contributed by atoms with Crippen molar-refractivity contribution in [2.45, 2.75) is 42.7 Å². The second-order valence-corrected chi connectivity index (χ2v) is 8.90. The molecule has 2 aliphatic heterocycles. The Morgan fingerprint density at radius 2 is 1.77 bits per heavy atom. The molecule has 9 heteroatoms. The summed E-state index contributed by atoms with van der Waals surface area (Å²) in [6, 6.07) is 0.986. The van der Waals surface area contributed by atoms with Crippen molar-refractivity contribution in [2.75, 3.05) is 31.2 Å². The van der Waals surface area contributed by atoms with E-state index in [0.29, 0.717) is 13.0 Å². The number of rotatable bonds is 4. The SMILES string of the molecule is CS(=O)(=O)c1cc(F)c(NC2CCCN(C3CCNCC3)C2=O)c(F)c1. The Morgan fingerprint density at radius 3 is 2.35 bits per heavy atom. The summed E-state index contributed by atoms with van der Waals surface area (Å²) in [4.78, 5) is 14.2. The van der Waals surface area contributed by atoms with Gasteiger partial charge in [-0.25, -0.2) is 17.2 Å². The quantitative estimate of drug-likeness (QED) is 0.819. The number of benzene rings is 1. The highest BCUT2D eigenvalue weighted by Gasteiger charge is 2.34. The molecule has 2 heterocycles. The Kier molecular flexibility index (Phi) is 5.47. The van der Waals surface area contributed by atoms with E-state index < -0.39 is 38.1 Å². The van der Waals surface area contributed by atoms with Crippen molar-refractivity contribution in [2.24, 2.45) is 0 Å². The van der Waals surface area contributed by atoms with Gasteiger partial charge in [0.1, 0.15) is 11.7 Å². The number of nitrogens with zero attached hydrogens (tertiary/aromatic N) is 1. The van der Waals surface area contributed by atoms with Gasteiger partial charge >= 0.3 is 0 Å². The van der Waals surface area contributed by atoms with Gasteiger partial charge in [-0.3, -0.25) is 4.79 Å². The fourth-order valence-corrected chi connectivity index (χ4v) is 4.23. The van der Waals surface area contributed by atoms with Gasteiger partial charge in [-0.1, -0.05) is 0 Å². The van der Waals surface area contributed by atoms with Crippen LogP contribution >= 0.6 is 0 Å². The highest BCUT2D eigenvalue weighted by molar-refractivity contribution is 7.90. The first-order chi connectivity index (χ1) is 12.3. The maximum Gasteiger partial charge on any atom is 0.245 e. The Bertz CT molecular complexity index is 771. The second-order valence-electron chi connectivity index (χ2n) is 6.89. The van der Waals surface area contributed by atoms with Gasteiger partial charge in [0.05, 0.1) is 4.90 Å². The zero-order valence-electron chi connectivity index (χ0n) is 14.6. The van der Waals surface area contributed by atoms with Crippen LogP contribution in [0.4, 0.5) is 14.5 Å². The Morgan fingerprint density at radius 1 is 1.15 bits per heavy atom. The monoisotopic (exact) mass is 387 g/mol. The van der Waals surface area contributed by atoms with Crippen LogP contribution in [-0.4, -0.2) is 57.2 Å². The first-order valence-corrected chi connectivity index (χ1v) is 10.6. The van der Waals surface area contributed by atoms with Gasteiger partial charge < -0.3 is 15.5 Å². The first-order valence-electron chi connectivity index (χ1n) is 8.74. The number of amides is 1. The molecule has 1 unspecified atom stereocenters. The van der Waals surface area contributed by atoms with Gasteiger partial charge in [0.15, 0.2) is 21.5 Å². The summed E-state index contributed by atoms with van der Waals surface area (Å²) in [5, 5.41) is 5.91. The lowest BCUT2D eigenvalue weighted by atomic mass is 9.98. The molecular formula is C17H23F2N3O3S. The van der Waals surface area contributed by atoms with E-state index in [1.807, 2.05) is 4.90 Å². The molecule has 26 heavy (non-hydrogen) atoms. The Labute approximate surface area is 151 Å². The normalized spacial score (nSPS) is 22.5. The summed E-state index contributed by atoms with van der Waals surface area (Å²) in [6.45, 7) is 2.35. The minimum absolute atomic E-state index is 0.149. The van der Waals surface area contributed by atoms with Crippen LogP contribution in [-0.2, 0) is 14.6 Å². The van der Waals surface area contributed by atoms with Crippen molar-refractivity contribution in [3.05, 3.63) is 23.8 Å². The predicted molar refractivity (Wildman–Crippen MR) is 93.7 cm³/mol. The summed E-state index contributed by atoms with van der Waals surface area (Å²) in [7, 11) is -3.72. The largest absolute Gasteiger partial charge is 0.369 e. The third kappa shape index (κ3) is 3.98. The number of anilines is 1. The van der Waals surface area contributed by atoms with Crippen molar-refractivity contribution in [3.63, 3.8) is 0 Å². The summed E-state index contributed by atoms with van der Waals surface area (Å²) in [6.07, 6.45) is 3.84. The molecule has 0 saturated carbocycles. The molecule has 1 aromatic carbocycles. The molecule has 2 aliphatic rings. The summed E-state index contributed by atoms with van der Waals surface area (Å²) >= 11 is 0. The van der Waals surface area contributed by atoms with Gasteiger partial charge in [0.25, 0.3) is 0 Å². The van der Waals surface area contributed by atoms with E-state index in [-0.39, 0.29) is 11.9 Å². The molecule has 2 saturated heterocycles. The van der Waals surface area contributed by atoms with Crippen LogP contribution < -0.4 is 10.6 Å². The molecule has 0 aromatic heterocycles. The number of hydrogen-bond acceptors (Lipinski definition) is 5. The lowest BCUT2D eigenvalue weighted by Crippen LogP contribution is -2.54. The van der Waals surface area contributed by atoms with Crippen molar-refractivity contribution in [3.8, 4) is 0 Å². The van der Waals surface area contributed by atoms with Crippen molar-refractivity contribution < 1.29 is 22.0 Å². The molecule has 0 aliphatic carbocycles. The summed E-state index contributed by atoms with van der Waals surface area (Å²) in [5.74, 6) is -2.19. The Balaban J connectivity index is 1.78. The molecule has 2 fully saturated rings. The van der Waals surface area contributed by atoms with Crippen LogP contribution in [0.15, 0.2) is 17.0 Å². The lowest BCUT2D eigenvalue weighted by molar-refractivity contribution is -0.137. The highest BCUT2D eigenvalue weighted by atomic mass is 32.2. The second kappa shape index (κ2) is 7.48. The van der Waals surface area contributed by atoms with Crippen LogP contribution in [0.2, 0.25) is 0 Å². The maximum absolute atomic E-state index is 14.3.